The van der Waals surface area contributed by atoms with Crippen LogP contribution in [0.2, 0.25) is 0 Å². The highest BCUT2D eigenvalue weighted by Crippen LogP contribution is 2.20. The van der Waals surface area contributed by atoms with Crippen molar-refractivity contribution in [3.05, 3.63) is 51.8 Å². The van der Waals surface area contributed by atoms with E-state index in [2.05, 4.69) is 15.3 Å². The Kier molecular flexibility index (Phi) is 4.09. The fourth-order valence-corrected chi connectivity index (χ4v) is 1.64. The third kappa shape index (κ3) is 3.19. The molecule has 0 aromatic carbocycles. The molecule has 2 aromatic rings. The number of aromatic nitrogens is 2. The monoisotopic (exact) mass is 274 g/mol. The number of nitrogens with one attached hydrogen (secondary N) is 1. The average molecular weight is 274 g/mol. The smallest absolute Gasteiger partial charge is 0.277 e. The Morgan fingerprint density at radius 3 is 2.75 bits per heavy atom. The number of ether oxygens (including phenoxy) is 1. The summed E-state index contributed by atoms with van der Waals surface area (Å²) in [6.45, 7) is 2.13. The summed E-state index contributed by atoms with van der Waals surface area (Å²) in [6.07, 6.45) is 3.15. The molecule has 0 aliphatic carbocycles. The molecule has 2 aromatic heterocycles. The van der Waals surface area contributed by atoms with Gasteiger partial charge in [0, 0.05) is 30.6 Å². The van der Waals surface area contributed by atoms with Crippen molar-refractivity contribution >= 4 is 11.5 Å². The zero-order chi connectivity index (χ0) is 14.5. The molecule has 1 N–H and O–H groups in total. The standard InChI is InChI=1S/C13H14N4O3/c1-9-6-14-12(5-11(9)17(18)19)15-7-10-3-4-13(20-2)16-8-10/h3-6,8H,7H2,1-2H3,(H,14,15). The molecular weight excluding hydrogens is 260 g/mol. The second kappa shape index (κ2) is 5.96. The molecule has 20 heavy (non-hydrogen) atoms. The van der Waals surface area contributed by atoms with Crippen molar-refractivity contribution in [1.82, 2.24) is 9.97 Å². The van der Waals surface area contributed by atoms with E-state index in [9.17, 15) is 10.1 Å². The zero-order valence-electron chi connectivity index (χ0n) is 11.2. The molecule has 0 unspecified atom stereocenters. The molecule has 2 heterocycles. The zero-order valence-corrected chi connectivity index (χ0v) is 11.2. The number of hydrogen-bond acceptors (Lipinski definition) is 6. The second-order valence-electron chi connectivity index (χ2n) is 4.18. The van der Waals surface area contributed by atoms with E-state index in [0.29, 0.717) is 23.8 Å². The maximum absolute atomic E-state index is 10.8. The van der Waals surface area contributed by atoms with Crippen LogP contribution in [0.4, 0.5) is 11.5 Å². The number of pyridine rings is 2. The van der Waals surface area contributed by atoms with Gasteiger partial charge in [-0.05, 0) is 12.5 Å². The van der Waals surface area contributed by atoms with E-state index in [1.807, 2.05) is 6.07 Å². The molecule has 7 heteroatoms. The molecule has 0 aliphatic rings. The number of anilines is 1. The van der Waals surface area contributed by atoms with Crippen LogP contribution >= 0.6 is 0 Å². The first-order valence-electron chi connectivity index (χ1n) is 5.94. The molecule has 0 saturated carbocycles. The first-order chi connectivity index (χ1) is 9.60. The average Bonchev–Trinajstić information content (AvgIpc) is 2.46. The van der Waals surface area contributed by atoms with Crippen LogP contribution in [-0.2, 0) is 6.54 Å². The molecule has 0 saturated heterocycles. The van der Waals surface area contributed by atoms with E-state index >= 15 is 0 Å². The quantitative estimate of drug-likeness (QED) is 0.664. The van der Waals surface area contributed by atoms with E-state index in [-0.39, 0.29) is 5.69 Å². The molecule has 0 fully saturated rings. The Balaban J connectivity index is 2.06. The van der Waals surface area contributed by atoms with E-state index in [4.69, 9.17) is 4.74 Å². The number of nitro groups is 1. The van der Waals surface area contributed by atoms with Crippen LogP contribution in [0.15, 0.2) is 30.6 Å². The predicted octanol–water partition coefficient (Wildman–Crippen LogP) is 2.31. The van der Waals surface area contributed by atoms with Crippen LogP contribution in [0.1, 0.15) is 11.1 Å². The first kappa shape index (κ1) is 13.7. The number of hydrogen-bond donors (Lipinski definition) is 1. The van der Waals surface area contributed by atoms with Gasteiger partial charge in [0.25, 0.3) is 5.69 Å². The van der Waals surface area contributed by atoms with Crippen LogP contribution < -0.4 is 10.1 Å². The summed E-state index contributed by atoms with van der Waals surface area (Å²) in [5.41, 5.74) is 1.51. The SMILES string of the molecule is COc1ccc(CNc2cc([N+](=O)[O-])c(C)cn2)cn1. The second-order valence-corrected chi connectivity index (χ2v) is 4.18. The van der Waals surface area contributed by atoms with Gasteiger partial charge in [-0.2, -0.15) is 0 Å². The van der Waals surface area contributed by atoms with Crippen LogP contribution in [-0.4, -0.2) is 22.0 Å². The maximum atomic E-state index is 10.8. The van der Waals surface area contributed by atoms with Gasteiger partial charge in [-0.25, -0.2) is 9.97 Å². The largest absolute Gasteiger partial charge is 0.481 e. The summed E-state index contributed by atoms with van der Waals surface area (Å²) in [6, 6.07) is 5.04. The molecule has 0 radical (unpaired) electrons. The van der Waals surface area contributed by atoms with Gasteiger partial charge in [0.15, 0.2) is 0 Å². The fraction of sp³-hybridized carbons (Fsp3) is 0.231. The van der Waals surface area contributed by atoms with Crippen molar-refractivity contribution in [2.45, 2.75) is 13.5 Å². The lowest BCUT2D eigenvalue weighted by molar-refractivity contribution is -0.385. The minimum absolute atomic E-state index is 0.0513. The lowest BCUT2D eigenvalue weighted by Crippen LogP contribution is -2.03. The normalized spacial score (nSPS) is 10.1. The maximum Gasteiger partial charge on any atom is 0.277 e. The van der Waals surface area contributed by atoms with Gasteiger partial charge in [-0.15, -0.1) is 0 Å². The molecular formula is C13H14N4O3. The topological polar surface area (TPSA) is 90.2 Å². The third-order valence-corrected chi connectivity index (χ3v) is 2.75. The lowest BCUT2D eigenvalue weighted by Gasteiger charge is -2.06. The van der Waals surface area contributed by atoms with Gasteiger partial charge in [-0.3, -0.25) is 10.1 Å². The number of nitrogens with zero attached hydrogens (tertiary/aromatic N) is 3. The molecule has 0 bridgehead atoms. The van der Waals surface area contributed by atoms with Crippen LogP contribution in [0.25, 0.3) is 0 Å². The Labute approximate surface area is 115 Å². The highest BCUT2D eigenvalue weighted by molar-refractivity contribution is 5.49. The van der Waals surface area contributed by atoms with E-state index in [0.717, 1.165) is 5.56 Å². The van der Waals surface area contributed by atoms with Crippen molar-refractivity contribution in [1.29, 1.82) is 0 Å². The number of methoxy groups -OCH3 is 1. The van der Waals surface area contributed by atoms with Crippen molar-refractivity contribution in [2.75, 3.05) is 12.4 Å². The van der Waals surface area contributed by atoms with Crippen LogP contribution in [0.5, 0.6) is 5.88 Å². The summed E-state index contributed by atoms with van der Waals surface area (Å²) in [5.74, 6) is 0.996. The van der Waals surface area contributed by atoms with Crippen molar-refractivity contribution in [3.63, 3.8) is 0 Å². The molecule has 0 aliphatic heterocycles. The van der Waals surface area contributed by atoms with Gasteiger partial charge >= 0.3 is 0 Å². The molecule has 7 nitrogen and oxygen atoms in total. The van der Waals surface area contributed by atoms with Gasteiger partial charge in [-0.1, -0.05) is 6.07 Å². The lowest BCUT2D eigenvalue weighted by atomic mass is 10.2. The van der Waals surface area contributed by atoms with Crippen molar-refractivity contribution in [2.24, 2.45) is 0 Å². The third-order valence-electron chi connectivity index (χ3n) is 2.75. The minimum Gasteiger partial charge on any atom is -0.481 e. The van der Waals surface area contributed by atoms with Gasteiger partial charge in [0.05, 0.1) is 18.1 Å². The molecule has 2 rings (SSSR count). The fourth-order valence-electron chi connectivity index (χ4n) is 1.64. The Hall–Kier alpha value is -2.70. The van der Waals surface area contributed by atoms with Gasteiger partial charge in [0.1, 0.15) is 5.82 Å². The Morgan fingerprint density at radius 1 is 1.35 bits per heavy atom. The Bertz CT molecular complexity index is 614. The van der Waals surface area contributed by atoms with Gasteiger partial charge in [0.2, 0.25) is 5.88 Å². The van der Waals surface area contributed by atoms with E-state index < -0.39 is 4.92 Å². The van der Waals surface area contributed by atoms with Gasteiger partial charge < -0.3 is 10.1 Å². The molecule has 0 amide bonds. The molecule has 0 spiro atoms. The summed E-state index contributed by atoms with van der Waals surface area (Å²) in [7, 11) is 1.55. The predicted molar refractivity (Wildman–Crippen MR) is 73.7 cm³/mol. The van der Waals surface area contributed by atoms with Crippen molar-refractivity contribution in [3.8, 4) is 5.88 Å². The highest BCUT2D eigenvalue weighted by atomic mass is 16.6. The van der Waals surface area contributed by atoms with Crippen molar-refractivity contribution < 1.29 is 9.66 Å². The summed E-state index contributed by atoms with van der Waals surface area (Å²) < 4.78 is 4.97. The summed E-state index contributed by atoms with van der Waals surface area (Å²) >= 11 is 0. The first-order valence-corrected chi connectivity index (χ1v) is 5.94. The minimum atomic E-state index is -0.420. The summed E-state index contributed by atoms with van der Waals surface area (Å²) in [5, 5.41) is 13.9. The highest BCUT2D eigenvalue weighted by Gasteiger charge is 2.11. The molecule has 0 atom stereocenters. The van der Waals surface area contributed by atoms with E-state index in [1.165, 1.54) is 12.3 Å². The number of rotatable bonds is 5. The number of aryl methyl sites for hydroxylation is 1. The van der Waals surface area contributed by atoms with E-state index in [1.54, 1.807) is 26.3 Å². The van der Waals surface area contributed by atoms with Crippen LogP contribution in [0, 0.1) is 17.0 Å². The van der Waals surface area contributed by atoms with Crippen LogP contribution in [0.3, 0.4) is 0 Å². The Morgan fingerprint density at radius 2 is 2.15 bits per heavy atom. The molecule has 104 valence electrons. The summed E-state index contributed by atoms with van der Waals surface area (Å²) in [4.78, 5) is 18.6.